The molecule has 0 saturated carbocycles. The average molecular weight is 810 g/mol. The highest BCUT2D eigenvalue weighted by Gasteiger charge is 2.55. The molecule has 1 amide bonds. The molecule has 0 bridgehead atoms. The van der Waals surface area contributed by atoms with Crippen molar-refractivity contribution < 1.29 is 104 Å². The number of phenols is 2. The van der Waals surface area contributed by atoms with E-state index in [1.807, 2.05) is 0 Å². The van der Waals surface area contributed by atoms with E-state index in [0.717, 1.165) is 7.11 Å². The van der Waals surface area contributed by atoms with Crippen molar-refractivity contribution in [3.63, 3.8) is 0 Å². The van der Waals surface area contributed by atoms with Crippen LogP contribution in [-0.2, 0) is 49.1 Å². The zero-order valence-corrected chi connectivity index (χ0v) is 30.5. The third-order valence-corrected chi connectivity index (χ3v) is 10.1. The fourth-order valence-electron chi connectivity index (χ4n) is 6.88. The first-order chi connectivity index (χ1) is 26.5. The van der Waals surface area contributed by atoms with Crippen molar-refractivity contribution >= 4 is 5.91 Å². The molecule has 1 aromatic carbocycles. The number of benzene rings is 1. The van der Waals surface area contributed by atoms with Crippen LogP contribution in [0.3, 0.4) is 0 Å². The van der Waals surface area contributed by atoms with Gasteiger partial charge < -0.3 is 104 Å². The minimum absolute atomic E-state index is 0.108. The van der Waals surface area contributed by atoms with E-state index < -0.39 is 147 Å². The number of aromatic hydroxyl groups is 2. The lowest BCUT2D eigenvalue weighted by Crippen LogP contribution is -2.66. The van der Waals surface area contributed by atoms with E-state index in [1.165, 1.54) is 32.0 Å². The number of carbonyl (C=O) groups excluding carboxylic acids is 1. The molecule has 0 aliphatic carbocycles. The highest BCUT2D eigenvalue weighted by Crippen LogP contribution is 2.35. The van der Waals surface area contributed by atoms with Crippen molar-refractivity contribution in [2.45, 2.75) is 131 Å². The number of aliphatic hydroxyl groups excluding tert-OH is 10. The van der Waals surface area contributed by atoms with Gasteiger partial charge in [-0.2, -0.15) is 0 Å². The molecule has 318 valence electrons. The lowest BCUT2D eigenvalue weighted by atomic mass is 9.96. The van der Waals surface area contributed by atoms with Crippen LogP contribution in [0.25, 0.3) is 0 Å². The second-order valence-electron chi connectivity index (χ2n) is 13.9. The molecule has 13 N–H and O–H groups in total. The number of ether oxygens (including phenoxy) is 8. The second-order valence-corrected chi connectivity index (χ2v) is 13.9. The van der Waals surface area contributed by atoms with Crippen LogP contribution in [0.4, 0.5) is 0 Å². The first-order valence-electron chi connectivity index (χ1n) is 17.8. The number of hydrogen-bond donors (Lipinski definition) is 13. The molecule has 18 atom stereocenters. The van der Waals surface area contributed by atoms with E-state index in [4.69, 9.17) is 37.9 Å². The normalized spacial score (nSPS) is 42.0. The number of nitrogens with one attached hydrogen (secondary N) is 1. The number of phenolic OH excluding ortho intramolecular Hbond substituents is 2. The Labute approximate surface area is 319 Å². The largest absolute Gasteiger partial charge is 0.506 e. The summed E-state index contributed by atoms with van der Waals surface area (Å²) in [6, 6.07) is 3.98. The third kappa shape index (κ3) is 9.15. The van der Waals surface area contributed by atoms with Crippen LogP contribution in [0.2, 0.25) is 0 Å². The van der Waals surface area contributed by atoms with Gasteiger partial charge in [0.1, 0.15) is 67.1 Å². The lowest BCUT2D eigenvalue weighted by molar-refractivity contribution is -0.354. The molecule has 0 aromatic heterocycles. The standard InChI is InChI=1S/C34H51NO21/c1-11-18(40)20(42)26(12(2)50-11)53-32-23(45)21(43)27(17(10-37)52-32)54-33-24(46)22(44)29(55-34-25(47)28(49-3)19(41)16(9-36)51-34)30(56-33)31(48)35-7-6-13-4-5-14(38)15(39)8-13/h4-5,8,11-12,16-20,22-26,28-30,32-34,36-47H,6-7,9-10H2,1-3H3,(H,35,48)/t11?,12-,16?,17?,18-,19-,20?,22?,23?,24+,25?,26?,28?,29?,30+,32+,33?,34+/m1/s1. The molecule has 0 radical (unpaired) electrons. The summed E-state index contributed by atoms with van der Waals surface area (Å²) in [7, 11) is 1.16. The SMILES string of the molecule is COC1C(O)[C@H](OC2C(O)[C@H](O)C(OC3=C(O)C(O)[C@H](OC4C(O)[C@H](O)C(C)O[C@@H]4C)OC3CO)O[C@@H]2C(=O)NCCc2ccc(O)c(O)c2)OC(CO)[C@H]1O. The van der Waals surface area contributed by atoms with E-state index in [1.54, 1.807) is 0 Å². The molecule has 4 heterocycles. The summed E-state index contributed by atoms with van der Waals surface area (Å²) in [6.07, 6.45) is -29.0. The van der Waals surface area contributed by atoms with Crippen molar-refractivity contribution in [2.75, 3.05) is 26.9 Å². The fraction of sp³-hybridized carbons (Fsp3) is 0.735. The minimum Gasteiger partial charge on any atom is -0.506 e. The van der Waals surface area contributed by atoms with E-state index in [9.17, 15) is 66.1 Å². The molecular weight excluding hydrogens is 758 g/mol. The maximum absolute atomic E-state index is 13.7. The van der Waals surface area contributed by atoms with Crippen molar-refractivity contribution in [1.29, 1.82) is 0 Å². The highest BCUT2D eigenvalue weighted by atomic mass is 16.8. The van der Waals surface area contributed by atoms with Gasteiger partial charge in [0.05, 0.1) is 25.4 Å². The summed E-state index contributed by atoms with van der Waals surface area (Å²) in [5, 5.41) is 129. The molecule has 4 aliphatic heterocycles. The van der Waals surface area contributed by atoms with Gasteiger partial charge in [-0.25, -0.2) is 0 Å². The third-order valence-electron chi connectivity index (χ3n) is 10.1. The number of hydrogen-bond acceptors (Lipinski definition) is 21. The van der Waals surface area contributed by atoms with Crippen molar-refractivity contribution in [2.24, 2.45) is 0 Å². The van der Waals surface area contributed by atoms with E-state index in [-0.39, 0.29) is 18.7 Å². The maximum atomic E-state index is 13.7. The van der Waals surface area contributed by atoms with Crippen molar-refractivity contribution in [1.82, 2.24) is 5.32 Å². The predicted octanol–water partition coefficient (Wildman–Crippen LogP) is -5.18. The first kappa shape index (κ1) is 44.1. The summed E-state index contributed by atoms with van der Waals surface area (Å²) in [6.45, 7) is 1.24. The van der Waals surface area contributed by atoms with E-state index in [0.29, 0.717) is 5.56 Å². The molecule has 0 spiro atoms. The first-order valence-corrected chi connectivity index (χ1v) is 17.8. The molecule has 22 heteroatoms. The Kier molecular flexibility index (Phi) is 14.7. The molecule has 56 heavy (non-hydrogen) atoms. The number of aliphatic hydroxyl groups is 10. The number of amides is 1. The van der Waals surface area contributed by atoms with Crippen LogP contribution < -0.4 is 5.32 Å². The monoisotopic (exact) mass is 809 g/mol. The van der Waals surface area contributed by atoms with Gasteiger partial charge in [-0.05, 0) is 38.0 Å². The lowest BCUT2D eigenvalue weighted by Gasteiger charge is -2.47. The van der Waals surface area contributed by atoms with Gasteiger partial charge >= 0.3 is 0 Å². The zero-order chi connectivity index (χ0) is 41.2. The molecule has 22 nitrogen and oxygen atoms in total. The Hall–Kier alpha value is -3.01. The molecule has 4 aliphatic rings. The van der Waals surface area contributed by atoms with Gasteiger partial charge in [0, 0.05) is 13.7 Å². The van der Waals surface area contributed by atoms with Crippen molar-refractivity contribution in [3.8, 4) is 11.5 Å². The molecular formula is C34H51NO21. The van der Waals surface area contributed by atoms with Crippen LogP contribution in [0.1, 0.15) is 19.4 Å². The average Bonchev–Trinajstić information content (AvgIpc) is 3.17. The fourth-order valence-corrected chi connectivity index (χ4v) is 6.88. The van der Waals surface area contributed by atoms with Gasteiger partial charge in [-0.1, -0.05) is 6.07 Å². The van der Waals surface area contributed by atoms with Gasteiger partial charge in [0.2, 0.25) is 6.29 Å². The quantitative estimate of drug-likeness (QED) is 0.0828. The molecule has 3 saturated heterocycles. The highest BCUT2D eigenvalue weighted by molar-refractivity contribution is 5.81. The molecule has 11 unspecified atom stereocenters. The topological polar surface area (TPSA) is 346 Å². The summed E-state index contributed by atoms with van der Waals surface area (Å²) < 4.78 is 44.7. The second kappa shape index (κ2) is 18.7. The predicted molar refractivity (Wildman–Crippen MR) is 180 cm³/mol. The minimum atomic E-state index is -2.13. The van der Waals surface area contributed by atoms with Gasteiger partial charge in [0.15, 0.2) is 47.8 Å². The Morgan fingerprint density at radius 2 is 1.39 bits per heavy atom. The summed E-state index contributed by atoms with van der Waals surface area (Å²) >= 11 is 0. The smallest absolute Gasteiger partial charge is 0.252 e. The van der Waals surface area contributed by atoms with Crippen LogP contribution in [-0.4, -0.2) is 204 Å². The van der Waals surface area contributed by atoms with E-state index >= 15 is 0 Å². The molecule has 1 aromatic rings. The van der Waals surface area contributed by atoms with Gasteiger partial charge in [0.25, 0.3) is 5.91 Å². The number of rotatable bonds is 13. The maximum Gasteiger partial charge on any atom is 0.252 e. The molecule has 3 fully saturated rings. The van der Waals surface area contributed by atoms with Crippen LogP contribution in [0.15, 0.2) is 29.7 Å². The summed E-state index contributed by atoms with van der Waals surface area (Å²) in [5.74, 6) is -3.46. The number of methoxy groups -OCH3 is 1. The van der Waals surface area contributed by atoms with E-state index in [2.05, 4.69) is 5.32 Å². The Morgan fingerprint density at radius 3 is 2.04 bits per heavy atom. The van der Waals surface area contributed by atoms with Gasteiger partial charge in [-0.15, -0.1) is 0 Å². The summed E-state index contributed by atoms with van der Waals surface area (Å²) in [4.78, 5) is 13.7. The van der Waals surface area contributed by atoms with Crippen molar-refractivity contribution in [3.05, 3.63) is 35.3 Å². The Morgan fingerprint density at radius 1 is 0.714 bits per heavy atom. The Bertz CT molecular complexity index is 1500. The number of carbonyl (C=O) groups is 1. The van der Waals surface area contributed by atoms with Gasteiger partial charge in [-0.3, -0.25) is 4.79 Å². The molecule has 5 rings (SSSR count). The van der Waals surface area contributed by atoms with Crippen LogP contribution in [0.5, 0.6) is 11.5 Å². The van der Waals surface area contributed by atoms with Crippen LogP contribution in [0, 0.1) is 0 Å². The zero-order valence-electron chi connectivity index (χ0n) is 30.5. The van der Waals surface area contributed by atoms with Crippen LogP contribution >= 0.6 is 0 Å². The Balaban J connectivity index is 1.37. The summed E-state index contributed by atoms with van der Waals surface area (Å²) in [5.41, 5.74) is 0.494.